The molecule has 27 heavy (non-hydrogen) atoms. The van der Waals surface area contributed by atoms with Crippen LogP contribution in [0.25, 0.3) is 0 Å². The zero-order valence-electron chi connectivity index (χ0n) is 15.8. The zero-order chi connectivity index (χ0) is 18.9. The van der Waals surface area contributed by atoms with Crippen molar-refractivity contribution in [2.45, 2.75) is 38.8 Å². The summed E-state index contributed by atoms with van der Waals surface area (Å²) >= 11 is 0. The van der Waals surface area contributed by atoms with Crippen LogP contribution in [0.15, 0.2) is 85.2 Å². The quantitative estimate of drug-likeness (QED) is 0.611. The molecule has 1 heterocycles. The van der Waals surface area contributed by atoms with Gasteiger partial charge in [0, 0.05) is 18.2 Å². The van der Waals surface area contributed by atoms with Gasteiger partial charge in [-0.05, 0) is 42.9 Å². The maximum absolute atomic E-state index is 12.3. The number of hydrogen-bond donors (Lipinski definition) is 1. The van der Waals surface area contributed by atoms with Crippen LogP contribution in [-0.2, 0) is 24.2 Å². The van der Waals surface area contributed by atoms with Crippen LogP contribution in [0.5, 0.6) is 0 Å². The fourth-order valence-corrected chi connectivity index (χ4v) is 3.13. The van der Waals surface area contributed by atoms with Crippen molar-refractivity contribution in [3.8, 4) is 0 Å². The van der Waals surface area contributed by atoms with E-state index in [1.54, 1.807) is 0 Å². The van der Waals surface area contributed by atoms with E-state index in [2.05, 4.69) is 72.9 Å². The molecule has 0 saturated heterocycles. The molecule has 3 nitrogen and oxygen atoms in total. The average molecular weight is 359 g/mol. The predicted molar refractivity (Wildman–Crippen MR) is 108 cm³/mol. The van der Waals surface area contributed by atoms with Gasteiger partial charge in [0.1, 0.15) is 0 Å². The summed E-state index contributed by atoms with van der Waals surface area (Å²) in [6.45, 7) is 2.41. The molecule has 1 aromatic heterocycles. The van der Waals surface area contributed by atoms with Gasteiger partial charge in [0.15, 0.2) is 12.4 Å². The first-order valence-electron chi connectivity index (χ1n) is 9.54. The molecule has 3 heteroatoms. The van der Waals surface area contributed by atoms with E-state index in [0.717, 1.165) is 19.3 Å². The third-order valence-electron chi connectivity index (χ3n) is 4.65. The van der Waals surface area contributed by atoms with Crippen molar-refractivity contribution in [3.63, 3.8) is 0 Å². The molecule has 0 aliphatic carbocycles. The van der Waals surface area contributed by atoms with Gasteiger partial charge >= 0.3 is 0 Å². The maximum Gasteiger partial charge on any atom is 0.286 e. The first kappa shape index (κ1) is 18.8. The smallest absolute Gasteiger partial charge is 0.286 e. The van der Waals surface area contributed by atoms with Crippen molar-refractivity contribution < 1.29 is 9.36 Å². The summed E-state index contributed by atoms with van der Waals surface area (Å²) in [4.78, 5) is 12.3. The summed E-state index contributed by atoms with van der Waals surface area (Å²) in [6, 6.07) is 25.1. The van der Waals surface area contributed by atoms with Crippen LogP contribution in [0.1, 0.15) is 30.0 Å². The lowest BCUT2D eigenvalue weighted by Crippen LogP contribution is -2.45. The summed E-state index contributed by atoms with van der Waals surface area (Å²) in [5, 5.41) is 3.09. The molecule has 0 unspecified atom stereocenters. The molecule has 0 fully saturated rings. The summed E-state index contributed by atoms with van der Waals surface area (Å²) in [6.07, 6.45) is 6.78. The van der Waals surface area contributed by atoms with Crippen molar-refractivity contribution in [2.75, 3.05) is 0 Å². The minimum atomic E-state index is 0.0522. The molecule has 1 amide bonds. The predicted octanol–water partition coefficient (Wildman–Crippen LogP) is 3.70. The van der Waals surface area contributed by atoms with E-state index >= 15 is 0 Å². The number of hydrogen-bond acceptors (Lipinski definition) is 1. The number of nitrogens with one attached hydrogen (secondary N) is 1. The molecule has 1 atom stereocenters. The van der Waals surface area contributed by atoms with Gasteiger partial charge in [-0.15, -0.1) is 0 Å². The molecule has 0 spiro atoms. The monoisotopic (exact) mass is 359 g/mol. The molecule has 138 valence electrons. The number of amides is 1. The second-order valence-electron chi connectivity index (χ2n) is 7.03. The fraction of sp³-hybridized carbons (Fsp3) is 0.250. The Labute approximate surface area is 161 Å². The first-order valence-corrected chi connectivity index (χ1v) is 9.54. The van der Waals surface area contributed by atoms with Crippen molar-refractivity contribution >= 4 is 5.91 Å². The van der Waals surface area contributed by atoms with Gasteiger partial charge in [0.25, 0.3) is 5.91 Å². The Bertz CT molecular complexity index is 829. The Morgan fingerprint density at radius 1 is 0.852 bits per heavy atom. The molecule has 0 bridgehead atoms. The third kappa shape index (κ3) is 6.37. The third-order valence-corrected chi connectivity index (χ3v) is 4.65. The maximum atomic E-state index is 12.3. The molecule has 0 aliphatic heterocycles. The van der Waals surface area contributed by atoms with E-state index in [1.165, 1.54) is 16.7 Å². The van der Waals surface area contributed by atoms with Crippen molar-refractivity contribution in [3.05, 3.63) is 102 Å². The van der Waals surface area contributed by atoms with Gasteiger partial charge < -0.3 is 5.32 Å². The summed E-state index contributed by atoms with van der Waals surface area (Å²) < 4.78 is 1.92. The highest BCUT2D eigenvalue weighted by atomic mass is 16.2. The number of carbonyl (C=O) groups is 1. The Hall–Kier alpha value is -2.94. The van der Waals surface area contributed by atoms with Crippen LogP contribution in [0.3, 0.4) is 0 Å². The topological polar surface area (TPSA) is 33.0 Å². The molecule has 0 aliphatic rings. The standard InChI is InChI=1S/C24H26N2O/c1-20(12-13-21-8-4-2-5-9-21)25-24(27)19-26-16-14-23(15-17-26)18-22-10-6-3-7-11-22/h2-11,14-17,20H,12-13,18-19H2,1H3/p+1/t20-/m0/s1. The van der Waals surface area contributed by atoms with Gasteiger partial charge in [0.05, 0.1) is 0 Å². The number of rotatable bonds is 8. The van der Waals surface area contributed by atoms with Crippen LogP contribution in [0.4, 0.5) is 0 Å². The molecular weight excluding hydrogens is 332 g/mol. The largest absolute Gasteiger partial charge is 0.348 e. The Kier molecular flexibility index (Phi) is 6.75. The molecular formula is C24H27N2O+. The lowest BCUT2D eigenvalue weighted by Gasteiger charge is -2.12. The van der Waals surface area contributed by atoms with Crippen LogP contribution < -0.4 is 9.88 Å². The number of pyridine rings is 1. The second kappa shape index (κ2) is 9.67. The Morgan fingerprint density at radius 2 is 1.41 bits per heavy atom. The number of nitrogens with zero attached hydrogens (tertiary/aromatic N) is 1. The fourth-order valence-electron chi connectivity index (χ4n) is 3.13. The Balaban J connectivity index is 1.44. The van der Waals surface area contributed by atoms with Crippen LogP contribution in [0.2, 0.25) is 0 Å². The van der Waals surface area contributed by atoms with E-state index in [0.29, 0.717) is 6.54 Å². The minimum absolute atomic E-state index is 0.0522. The van der Waals surface area contributed by atoms with E-state index in [9.17, 15) is 4.79 Å². The minimum Gasteiger partial charge on any atom is -0.348 e. The highest BCUT2D eigenvalue weighted by Gasteiger charge is 2.12. The van der Waals surface area contributed by atoms with Crippen LogP contribution in [-0.4, -0.2) is 11.9 Å². The zero-order valence-corrected chi connectivity index (χ0v) is 15.8. The SMILES string of the molecule is C[C@@H](CCc1ccccc1)NC(=O)C[n+]1ccc(Cc2ccccc2)cc1. The average Bonchev–Trinajstić information content (AvgIpc) is 2.69. The highest BCUT2D eigenvalue weighted by molar-refractivity contribution is 5.74. The molecule has 3 aromatic rings. The summed E-state index contributed by atoms with van der Waals surface area (Å²) in [5.41, 5.74) is 3.84. The van der Waals surface area contributed by atoms with Gasteiger partial charge in [0.2, 0.25) is 6.54 Å². The van der Waals surface area contributed by atoms with Gasteiger partial charge in [-0.2, -0.15) is 4.57 Å². The molecule has 0 saturated carbocycles. The number of carbonyl (C=O) groups excluding carboxylic acids is 1. The molecule has 1 N–H and O–H groups in total. The van der Waals surface area contributed by atoms with Gasteiger partial charge in [-0.1, -0.05) is 60.7 Å². The number of aromatic nitrogens is 1. The van der Waals surface area contributed by atoms with E-state index in [1.807, 2.05) is 29.1 Å². The first-order chi connectivity index (χ1) is 13.2. The summed E-state index contributed by atoms with van der Waals surface area (Å²) in [5.74, 6) is 0.0522. The van der Waals surface area contributed by atoms with Crippen LogP contribution in [0, 0.1) is 0 Å². The number of benzene rings is 2. The lowest BCUT2D eigenvalue weighted by molar-refractivity contribution is -0.684. The normalized spacial score (nSPS) is 11.7. The molecule has 0 radical (unpaired) electrons. The van der Waals surface area contributed by atoms with Crippen molar-refractivity contribution in [1.82, 2.24) is 5.32 Å². The van der Waals surface area contributed by atoms with Crippen molar-refractivity contribution in [1.29, 1.82) is 0 Å². The second-order valence-corrected chi connectivity index (χ2v) is 7.03. The number of aryl methyl sites for hydroxylation is 1. The lowest BCUT2D eigenvalue weighted by atomic mass is 10.1. The molecule has 2 aromatic carbocycles. The van der Waals surface area contributed by atoms with E-state index in [4.69, 9.17) is 0 Å². The van der Waals surface area contributed by atoms with Crippen molar-refractivity contribution in [2.24, 2.45) is 0 Å². The summed E-state index contributed by atoms with van der Waals surface area (Å²) in [7, 11) is 0. The van der Waals surface area contributed by atoms with Crippen LogP contribution >= 0.6 is 0 Å². The van der Waals surface area contributed by atoms with E-state index in [-0.39, 0.29) is 11.9 Å². The Morgan fingerprint density at radius 3 is 2.04 bits per heavy atom. The van der Waals surface area contributed by atoms with E-state index < -0.39 is 0 Å². The molecule has 3 rings (SSSR count). The van der Waals surface area contributed by atoms with Gasteiger partial charge in [-0.25, -0.2) is 0 Å². The van der Waals surface area contributed by atoms with Gasteiger partial charge in [-0.3, -0.25) is 4.79 Å². The highest BCUT2D eigenvalue weighted by Crippen LogP contribution is 2.07.